The van der Waals surface area contributed by atoms with Crippen molar-refractivity contribution >= 4 is 17.9 Å². The molecule has 0 radical (unpaired) electrons. The molecule has 0 aliphatic carbocycles. The molecule has 1 unspecified atom stereocenters. The second-order valence-corrected chi connectivity index (χ2v) is 19.8. The molecular formula is C68H110O6. The minimum absolute atomic E-state index is 0.108. The Hall–Kier alpha value is -4.45. The molecule has 0 aliphatic rings. The van der Waals surface area contributed by atoms with E-state index < -0.39 is 6.10 Å². The Bertz CT molecular complexity index is 1600. The molecule has 0 aromatic carbocycles. The van der Waals surface area contributed by atoms with E-state index in [0.717, 1.165) is 96.3 Å². The lowest BCUT2D eigenvalue weighted by molar-refractivity contribution is -0.167. The van der Waals surface area contributed by atoms with Crippen LogP contribution in [0, 0.1) is 0 Å². The number of unbranched alkanes of at least 4 members (excludes halogenated alkanes) is 29. The molecule has 0 aliphatic heterocycles. The first-order chi connectivity index (χ1) is 36.5. The zero-order valence-corrected chi connectivity index (χ0v) is 47.8. The Morgan fingerprint density at radius 3 is 0.865 bits per heavy atom. The monoisotopic (exact) mass is 1020 g/mol. The van der Waals surface area contributed by atoms with E-state index in [4.69, 9.17) is 14.2 Å². The van der Waals surface area contributed by atoms with E-state index in [1.165, 1.54) is 122 Å². The lowest BCUT2D eigenvalue weighted by Gasteiger charge is -2.18. The molecule has 0 heterocycles. The van der Waals surface area contributed by atoms with Crippen LogP contribution in [-0.2, 0) is 28.6 Å². The van der Waals surface area contributed by atoms with E-state index in [2.05, 4.69) is 81.5 Å². The van der Waals surface area contributed by atoms with Crippen LogP contribution in [0.3, 0.4) is 0 Å². The summed E-state index contributed by atoms with van der Waals surface area (Å²) in [7, 11) is 0. The van der Waals surface area contributed by atoms with E-state index in [0.29, 0.717) is 19.3 Å². The molecule has 0 fully saturated rings. The summed E-state index contributed by atoms with van der Waals surface area (Å²) in [6.45, 7) is 6.41. The van der Waals surface area contributed by atoms with Crippen molar-refractivity contribution in [2.75, 3.05) is 13.2 Å². The van der Waals surface area contributed by atoms with Gasteiger partial charge in [0, 0.05) is 19.3 Å². The highest BCUT2D eigenvalue weighted by Gasteiger charge is 2.19. The molecule has 0 rings (SSSR count). The Morgan fingerprint density at radius 2 is 0.527 bits per heavy atom. The van der Waals surface area contributed by atoms with Crippen LogP contribution in [0.5, 0.6) is 0 Å². The zero-order chi connectivity index (χ0) is 53.6. The summed E-state index contributed by atoms with van der Waals surface area (Å²) in [5.41, 5.74) is 0. The highest BCUT2D eigenvalue weighted by Crippen LogP contribution is 2.16. The van der Waals surface area contributed by atoms with Gasteiger partial charge in [0.15, 0.2) is 6.10 Å². The van der Waals surface area contributed by atoms with Crippen LogP contribution in [-0.4, -0.2) is 37.2 Å². The first kappa shape index (κ1) is 69.5. The first-order valence-corrected chi connectivity index (χ1v) is 30.3. The lowest BCUT2D eigenvalue weighted by Crippen LogP contribution is -2.30. The van der Waals surface area contributed by atoms with Gasteiger partial charge in [-0.05, 0) is 64.2 Å². The van der Waals surface area contributed by atoms with Gasteiger partial charge in [0.2, 0.25) is 0 Å². The number of esters is 3. The molecule has 0 saturated heterocycles. The van der Waals surface area contributed by atoms with Gasteiger partial charge in [-0.1, -0.05) is 309 Å². The number of hydrogen-bond acceptors (Lipinski definition) is 6. The molecule has 0 amide bonds. The van der Waals surface area contributed by atoms with E-state index in [1.54, 1.807) is 0 Å². The molecule has 0 aromatic rings. The third-order valence-electron chi connectivity index (χ3n) is 12.7. The lowest BCUT2D eigenvalue weighted by atomic mass is 10.0. The molecule has 74 heavy (non-hydrogen) atoms. The van der Waals surface area contributed by atoms with Crippen LogP contribution >= 0.6 is 0 Å². The minimum Gasteiger partial charge on any atom is -0.462 e. The van der Waals surface area contributed by atoms with Crippen LogP contribution in [0.25, 0.3) is 0 Å². The summed E-state index contributed by atoms with van der Waals surface area (Å²) < 4.78 is 16.9. The normalized spacial score (nSPS) is 13.1. The van der Waals surface area contributed by atoms with E-state index in [1.807, 2.05) is 72.9 Å². The molecule has 0 spiro atoms. The SMILES string of the molecule is CC\C=C/C=C\C=C/C=C\C=C\C=C/C=C\CCCCCC(=O)OCC(COC(=O)CCCCCCC\C=C/C=C\C=C/C=C\CCCCC)OC(=O)CCCCCCCCCCCCCCCCCCCCC. The van der Waals surface area contributed by atoms with Gasteiger partial charge in [0.1, 0.15) is 13.2 Å². The molecular weight excluding hydrogens is 913 g/mol. The van der Waals surface area contributed by atoms with Crippen LogP contribution in [0.15, 0.2) is 134 Å². The first-order valence-electron chi connectivity index (χ1n) is 30.3. The van der Waals surface area contributed by atoms with E-state index in [9.17, 15) is 14.4 Å². The summed E-state index contributed by atoms with van der Waals surface area (Å²) in [4.78, 5) is 38.3. The molecule has 0 aromatic heterocycles. The largest absolute Gasteiger partial charge is 0.462 e. The second kappa shape index (κ2) is 61.1. The molecule has 6 heteroatoms. The van der Waals surface area contributed by atoms with Gasteiger partial charge in [-0.3, -0.25) is 14.4 Å². The third-order valence-corrected chi connectivity index (χ3v) is 12.7. The van der Waals surface area contributed by atoms with Crippen molar-refractivity contribution in [1.29, 1.82) is 0 Å². The fourth-order valence-corrected chi connectivity index (χ4v) is 8.14. The summed E-state index contributed by atoms with van der Waals surface area (Å²) in [6.07, 6.45) is 85.8. The van der Waals surface area contributed by atoms with Crippen molar-refractivity contribution in [3.63, 3.8) is 0 Å². The number of carbonyl (C=O) groups is 3. The quantitative estimate of drug-likeness (QED) is 0.0261. The van der Waals surface area contributed by atoms with Gasteiger partial charge in [0.05, 0.1) is 0 Å². The summed E-state index contributed by atoms with van der Waals surface area (Å²) in [6, 6.07) is 0. The standard InChI is InChI=1S/C68H110O6/c1-4-7-10-13-16-19-22-25-28-31-34-37-40-43-46-49-52-55-58-61-67(70)73-64-65(63-72-66(69)60-57-54-51-48-45-42-39-36-33-30-27-24-21-18-15-12-9-6-3)74-68(71)62-59-56-53-50-47-44-41-38-35-32-29-26-23-20-17-14-11-8-5-2/h7,10,13,16,18-19,21-22,24-25,27-28,30-31,33-34,36-37,39-40,43,46,65H,4-6,8-9,11-12,14-15,17,20,23,26,29,32,35,38,41-42,44-45,47-64H2,1-3H3/b10-7-,16-13-,21-18-,22-19-,27-24-,28-25-,33-30-,34-31+,39-36-,40-37-,46-43-. The van der Waals surface area contributed by atoms with Crippen LogP contribution in [0.1, 0.15) is 258 Å². The molecule has 0 N–H and O–H groups in total. The smallest absolute Gasteiger partial charge is 0.306 e. The van der Waals surface area contributed by atoms with Crippen molar-refractivity contribution in [3.05, 3.63) is 134 Å². The highest BCUT2D eigenvalue weighted by atomic mass is 16.6. The Morgan fingerprint density at radius 1 is 0.284 bits per heavy atom. The minimum atomic E-state index is -0.812. The van der Waals surface area contributed by atoms with Gasteiger partial charge in [-0.2, -0.15) is 0 Å². The highest BCUT2D eigenvalue weighted by molar-refractivity contribution is 5.71. The van der Waals surface area contributed by atoms with Gasteiger partial charge < -0.3 is 14.2 Å². The molecule has 1 atom stereocenters. The summed E-state index contributed by atoms with van der Waals surface area (Å²) in [5.74, 6) is -0.971. The predicted octanol–water partition coefficient (Wildman–Crippen LogP) is 20.6. The molecule has 0 saturated carbocycles. The zero-order valence-electron chi connectivity index (χ0n) is 47.8. The molecule has 0 bridgehead atoms. The maximum Gasteiger partial charge on any atom is 0.306 e. The number of ether oxygens (including phenoxy) is 3. The van der Waals surface area contributed by atoms with Crippen LogP contribution < -0.4 is 0 Å². The van der Waals surface area contributed by atoms with E-state index in [-0.39, 0.29) is 31.1 Å². The average Bonchev–Trinajstić information content (AvgIpc) is 3.40. The Balaban J connectivity index is 4.54. The van der Waals surface area contributed by atoms with Crippen molar-refractivity contribution < 1.29 is 28.6 Å². The fourth-order valence-electron chi connectivity index (χ4n) is 8.14. The topological polar surface area (TPSA) is 78.9 Å². The Labute approximate surface area is 455 Å². The van der Waals surface area contributed by atoms with Crippen molar-refractivity contribution in [2.45, 2.75) is 264 Å². The maximum atomic E-state index is 12.9. The van der Waals surface area contributed by atoms with Crippen LogP contribution in [0.2, 0.25) is 0 Å². The molecule has 6 nitrogen and oxygen atoms in total. The average molecular weight is 1020 g/mol. The van der Waals surface area contributed by atoms with Gasteiger partial charge in [-0.15, -0.1) is 0 Å². The van der Waals surface area contributed by atoms with Crippen molar-refractivity contribution in [3.8, 4) is 0 Å². The predicted molar refractivity (Wildman–Crippen MR) is 320 cm³/mol. The Kier molecular flexibility index (Phi) is 57.4. The van der Waals surface area contributed by atoms with E-state index >= 15 is 0 Å². The molecule has 418 valence electrons. The number of carbonyl (C=O) groups excluding carboxylic acids is 3. The number of rotatable bonds is 53. The third kappa shape index (κ3) is 58.4. The second-order valence-electron chi connectivity index (χ2n) is 19.8. The van der Waals surface area contributed by atoms with Gasteiger partial charge in [0.25, 0.3) is 0 Å². The van der Waals surface area contributed by atoms with Gasteiger partial charge in [-0.25, -0.2) is 0 Å². The van der Waals surface area contributed by atoms with Gasteiger partial charge >= 0.3 is 17.9 Å². The number of hydrogen-bond donors (Lipinski definition) is 0. The van der Waals surface area contributed by atoms with Crippen LogP contribution in [0.4, 0.5) is 0 Å². The van der Waals surface area contributed by atoms with Crippen molar-refractivity contribution in [1.82, 2.24) is 0 Å². The number of allylic oxidation sites excluding steroid dienone is 22. The summed E-state index contributed by atoms with van der Waals surface area (Å²) >= 11 is 0. The summed E-state index contributed by atoms with van der Waals surface area (Å²) in [5, 5.41) is 0. The maximum absolute atomic E-state index is 12.9. The van der Waals surface area contributed by atoms with Crippen molar-refractivity contribution in [2.24, 2.45) is 0 Å². The fraction of sp³-hybridized carbons (Fsp3) is 0.632.